The van der Waals surface area contributed by atoms with E-state index in [2.05, 4.69) is 25.0 Å². The molecule has 0 bridgehead atoms. The van der Waals surface area contributed by atoms with Crippen LogP contribution in [0.3, 0.4) is 0 Å². The van der Waals surface area contributed by atoms with Crippen molar-refractivity contribution in [2.45, 2.75) is 6.92 Å². The normalized spacial score (nSPS) is 11.4. The summed E-state index contributed by atoms with van der Waals surface area (Å²) >= 11 is 0. The van der Waals surface area contributed by atoms with E-state index in [0.29, 0.717) is 17.3 Å². The number of nitrogens with zero attached hydrogens (tertiary/aromatic N) is 3. The summed E-state index contributed by atoms with van der Waals surface area (Å²) in [5.74, 6) is 1.03. The maximum absolute atomic E-state index is 11.3. The highest BCUT2D eigenvalue weighted by Gasteiger charge is 2.10. The molecule has 4 aromatic rings. The van der Waals surface area contributed by atoms with E-state index in [-0.39, 0.29) is 0 Å². The standard InChI is InChI=1S/C21H20N6O2S/c1-13-7-8-23-11-17(13)19-9-14-10-20(24-12-18(14)21(22)26-19)25-15-3-5-16(6-4-15)27-30(2,28)29/h3-12,27H,1-2H3,(H2,22,26)(H,24,25). The monoisotopic (exact) mass is 420 g/mol. The van der Waals surface area contributed by atoms with E-state index in [1.807, 2.05) is 25.1 Å². The van der Waals surface area contributed by atoms with Crippen molar-refractivity contribution >= 4 is 43.8 Å². The van der Waals surface area contributed by atoms with Gasteiger partial charge in [-0.1, -0.05) is 0 Å². The van der Waals surface area contributed by atoms with Crippen LogP contribution in [-0.4, -0.2) is 29.6 Å². The number of sulfonamides is 1. The van der Waals surface area contributed by atoms with Gasteiger partial charge in [-0.3, -0.25) is 9.71 Å². The number of nitrogens with two attached hydrogens (primary N) is 1. The van der Waals surface area contributed by atoms with Gasteiger partial charge in [0.1, 0.15) is 11.6 Å². The number of fused-ring (bicyclic) bond motifs is 1. The molecule has 0 radical (unpaired) electrons. The number of anilines is 4. The minimum Gasteiger partial charge on any atom is -0.383 e. The summed E-state index contributed by atoms with van der Waals surface area (Å²) < 4.78 is 25.1. The molecule has 0 amide bonds. The molecule has 9 heteroatoms. The van der Waals surface area contributed by atoms with Crippen molar-refractivity contribution in [1.82, 2.24) is 15.0 Å². The fourth-order valence-electron chi connectivity index (χ4n) is 3.10. The molecule has 3 heterocycles. The molecule has 4 rings (SSSR count). The van der Waals surface area contributed by atoms with E-state index in [1.165, 1.54) is 0 Å². The predicted molar refractivity (Wildman–Crippen MR) is 120 cm³/mol. The highest BCUT2D eigenvalue weighted by atomic mass is 32.2. The molecule has 0 spiro atoms. The lowest BCUT2D eigenvalue weighted by atomic mass is 10.1. The number of aromatic nitrogens is 3. The van der Waals surface area contributed by atoms with Crippen LogP contribution in [0.25, 0.3) is 22.0 Å². The number of benzene rings is 1. The van der Waals surface area contributed by atoms with Crippen molar-refractivity contribution < 1.29 is 8.42 Å². The van der Waals surface area contributed by atoms with Gasteiger partial charge in [-0.25, -0.2) is 18.4 Å². The third-order valence-electron chi connectivity index (χ3n) is 4.52. The minimum atomic E-state index is -3.31. The van der Waals surface area contributed by atoms with Crippen molar-refractivity contribution in [3.63, 3.8) is 0 Å². The van der Waals surface area contributed by atoms with Crippen LogP contribution < -0.4 is 15.8 Å². The first kappa shape index (κ1) is 19.6. The Morgan fingerprint density at radius 2 is 1.73 bits per heavy atom. The van der Waals surface area contributed by atoms with E-state index < -0.39 is 10.0 Å². The van der Waals surface area contributed by atoms with E-state index >= 15 is 0 Å². The molecule has 0 fully saturated rings. The number of hydrogen-bond donors (Lipinski definition) is 3. The molecule has 1 aromatic carbocycles. The van der Waals surface area contributed by atoms with Crippen LogP contribution >= 0.6 is 0 Å². The molecule has 0 atom stereocenters. The van der Waals surface area contributed by atoms with Crippen LogP contribution in [0.5, 0.6) is 0 Å². The summed E-state index contributed by atoms with van der Waals surface area (Å²) in [5.41, 5.74) is 10.2. The van der Waals surface area contributed by atoms with E-state index in [1.54, 1.807) is 42.9 Å². The van der Waals surface area contributed by atoms with Gasteiger partial charge >= 0.3 is 0 Å². The third kappa shape index (κ3) is 4.31. The number of hydrogen-bond acceptors (Lipinski definition) is 7. The third-order valence-corrected chi connectivity index (χ3v) is 5.13. The molecule has 8 nitrogen and oxygen atoms in total. The number of nitrogen functional groups attached to an aromatic ring is 1. The Morgan fingerprint density at radius 1 is 1.00 bits per heavy atom. The first-order valence-corrected chi connectivity index (χ1v) is 11.0. The molecule has 3 aromatic heterocycles. The van der Waals surface area contributed by atoms with Gasteiger partial charge in [0.25, 0.3) is 0 Å². The zero-order chi connectivity index (χ0) is 21.3. The first-order valence-electron chi connectivity index (χ1n) is 9.11. The summed E-state index contributed by atoms with van der Waals surface area (Å²) in [6.45, 7) is 2.00. The summed E-state index contributed by atoms with van der Waals surface area (Å²) in [6, 6.07) is 12.7. The second-order valence-electron chi connectivity index (χ2n) is 6.95. The van der Waals surface area contributed by atoms with Gasteiger partial charge in [-0.15, -0.1) is 0 Å². The Hall–Kier alpha value is -3.72. The van der Waals surface area contributed by atoms with Gasteiger partial charge in [0.15, 0.2) is 0 Å². The van der Waals surface area contributed by atoms with Crippen LogP contribution in [0.4, 0.5) is 23.0 Å². The SMILES string of the molecule is Cc1ccncc1-c1cc2cc(Nc3ccc(NS(C)(=O)=O)cc3)ncc2c(N)n1. The number of rotatable bonds is 5. The predicted octanol–water partition coefficient (Wildman–Crippen LogP) is 3.70. The average molecular weight is 420 g/mol. The zero-order valence-electron chi connectivity index (χ0n) is 16.4. The quantitative estimate of drug-likeness (QED) is 0.450. The molecule has 0 aliphatic carbocycles. The molecule has 0 saturated heterocycles. The zero-order valence-corrected chi connectivity index (χ0v) is 17.2. The van der Waals surface area contributed by atoms with Gasteiger partial charge in [0, 0.05) is 40.9 Å². The maximum Gasteiger partial charge on any atom is 0.229 e. The Labute approximate surface area is 174 Å². The van der Waals surface area contributed by atoms with Gasteiger partial charge in [-0.05, 0) is 60.3 Å². The summed E-state index contributed by atoms with van der Waals surface area (Å²) in [6.07, 6.45) is 6.31. The Kier molecular flexibility index (Phi) is 4.96. The van der Waals surface area contributed by atoms with Gasteiger partial charge in [-0.2, -0.15) is 0 Å². The number of pyridine rings is 3. The fraction of sp³-hybridized carbons (Fsp3) is 0.0952. The Bertz CT molecular complexity index is 1340. The summed E-state index contributed by atoms with van der Waals surface area (Å²) in [4.78, 5) is 13.1. The number of nitrogens with one attached hydrogen (secondary N) is 2. The molecule has 152 valence electrons. The van der Waals surface area contributed by atoms with Crippen molar-refractivity contribution in [3.05, 3.63) is 66.6 Å². The van der Waals surface area contributed by atoms with Gasteiger partial charge in [0.05, 0.1) is 11.9 Å². The van der Waals surface area contributed by atoms with Crippen LogP contribution in [0.2, 0.25) is 0 Å². The van der Waals surface area contributed by atoms with Crippen molar-refractivity contribution in [1.29, 1.82) is 0 Å². The smallest absolute Gasteiger partial charge is 0.229 e. The maximum atomic E-state index is 11.3. The largest absolute Gasteiger partial charge is 0.383 e. The lowest BCUT2D eigenvalue weighted by molar-refractivity contribution is 0.607. The Morgan fingerprint density at radius 3 is 2.43 bits per heavy atom. The molecule has 4 N–H and O–H groups in total. The van der Waals surface area contributed by atoms with Gasteiger partial charge in [0.2, 0.25) is 10.0 Å². The molecular weight excluding hydrogens is 400 g/mol. The lowest BCUT2D eigenvalue weighted by Gasteiger charge is -2.11. The van der Waals surface area contributed by atoms with Crippen LogP contribution in [0, 0.1) is 6.92 Å². The van der Waals surface area contributed by atoms with E-state index in [0.717, 1.165) is 39.5 Å². The van der Waals surface area contributed by atoms with Crippen molar-refractivity contribution in [3.8, 4) is 11.3 Å². The molecule has 0 unspecified atom stereocenters. The molecule has 0 aliphatic heterocycles. The first-order chi connectivity index (χ1) is 14.3. The Balaban J connectivity index is 1.65. The number of aryl methyl sites for hydroxylation is 1. The minimum absolute atomic E-state index is 0.404. The van der Waals surface area contributed by atoms with E-state index in [4.69, 9.17) is 5.73 Å². The van der Waals surface area contributed by atoms with Gasteiger partial charge < -0.3 is 11.1 Å². The highest BCUT2D eigenvalue weighted by Crippen LogP contribution is 2.29. The average Bonchev–Trinajstić information content (AvgIpc) is 2.68. The second kappa shape index (κ2) is 7.60. The second-order valence-corrected chi connectivity index (χ2v) is 8.70. The molecule has 0 aliphatic rings. The summed E-state index contributed by atoms with van der Waals surface area (Å²) in [5, 5.41) is 4.87. The highest BCUT2D eigenvalue weighted by molar-refractivity contribution is 7.92. The van der Waals surface area contributed by atoms with Crippen molar-refractivity contribution in [2.24, 2.45) is 0 Å². The van der Waals surface area contributed by atoms with E-state index in [9.17, 15) is 8.42 Å². The van der Waals surface area contributed by atoms with Crippen LogP contribution in [-0.2, 0) is 10.0 Å². The fourth-order valence-corrected chi connectivity index (χ4v) is 3.66. The van der Waals surface area contributed by atoms with Crippen LogP contribution in [0.15, 0.2) is 61.1 Å². The molecule has 0 saturated carbocycles. The topological polar surface area (TPSA) is 123 Å². The molecular formula is C21H20N6O2S. The summed E-state index contributed by atoms with van der Waals surface area (Å²) in [7, 11) is -3.31. The van der Waals surface area contributed by atoms with Crippen molar-refractivity contribution in [2.75, 3.05) is 22.0 Å². The lowest BCUT2D eigenvalue weighted by Crippen LogP contribution is -2.09. The molecule has 30 heavy (non-hydrogen) atoms. The van der Waals surface area contributed by atoms with Crippen LogP contribution in [0.1, 0.15) is 5.56 Å².